The lowest BCUT2D eigenvalue weighted by atomic mass is 11.3. The Morgan fingerprint density at radius 2 is 1.43 bits per heavy atom. The first-order chi connectivity index (χ1) is 3.12. The van der Waals surface area contributed by atoms with E-state index in [-0.39, 0.29) is 0 Å². The van der Waals surface area contributed by atoms with Crippen LogP contribution in [-0.2, 0) is 0 Å². The Balaban J connectivity index is 3.82. The molecule has 2 nitrogen and oxygen atoms in total. The summed E-state index contributed by atoms with van der Waals surface area (Å²) in [6.07, 6.45) is 0. The maximum atomic E-state index is 8.53. The molecule has 0 aliphatic rings. The minimum atomic E-state index is -2.63. The molecule has 0 bridgehead atoms. The molecule has 0 amide bonds. The molecule has 0 saturated carbocycles. The van der Waals surface area contributed by atoms with Gasteiger partial charge in [0.1, 0.15) is 0 Å². The second kappa shape index (κ2) is 2.16. The molecule has 0 aromatic rings. The molecular formula is C4H8O2S. The van der Waals surface area contributed by atoms with Crippen molar-refractivity contribution in [3.63, 3.8) is 0 Å². The molecule has 0 spiro atoms. The molecule has 0 aromatic heterocycles. The molecule has 0 saturated heterocycles. The van der Waals surface area contributed by atoms with Gasteiger partial charge in [0.25, 0.3) is 0 Å². The summed E-state index contributed by atoms with van der Waals surface area (Å²) in [5, 5.41) is 2.14. The SMILES string of the molecule is C=CS(O)(O)C=C. The molecule has 3 heteroatoms. The van der Waals surface area contributed by atoms with Crippen LogP contribution in [0.5, 0.6) is 0 Å². The van der Waals surface area contributed by atoms with Gasteiger partial charge < -0.3 is 0 Å². The molecule has 2 N–H and O–H groups in total. The average Bonchev–Trinajstić information content (AvgIpc) is 1.68. The third-order valence-electron chi connectivity index (χ3n) is 0.491. The third-order valence-corrected chi connectivity index (χ3v) is 1.47. The molecule has 0 atom stereocenters. The van der Waals surface area contributed by atoms with Crippen LogP contribution in [0, 0.1) is 0 Å². The Hall–Kier alpha value is -0.250. The topological polar surface area (TPSA) is 40.5 Å². The first-order valence-electron chi connectivity index (χ1n) is 1.65. The molecule has 0 aromatic carbocycles. The van der Waals surface area contributed by atoms with Gasteiger partial charge in [0.15, 0.2) is 0 Å². The van der Waals surface area contributed by atoms with E-state index < -0.39 is 10.6 Å². The van der Waals surface area contributed by atoms with Gasteiger partial charge in [-0.2, -0.15) is 10.6 Å². The summed E-state index contributed by atoms with van der Waals surface area (Å²) in [7, 11) is -2.63. The molecule has 0 heterocycles. The van der Waals surface area contributed by atoms with E-state index in [1.54, 1.807) is 0 Å². The minimum Gasteiger partial charge on any atom is -0.291 e. The number of hydrogen-bond acceptors (Lipinski definition) is 2. The predicted molar refractivity (Wildman–Crippen MR) is 33.2 cm³/mol. The highest BCUT2D eigenvalue weighted by Gasteiger charge is 1.94. The Labute approximate surface area is 44.5 Å². The van der Waals surface area contributed by atoms with Gasteiger partial charge in [-0.1, -0.05) is 13.2 Å². The van der Waals surface area contributed by atoms with E-state index in [1.165, 1.54) is 0 Å². The van der Waals surface area contributed by atoms with Crippen molar-refractivity contribution in [1.82, 2.24) is 0 Å². The van der Waals surface area contributed by atoms with Crippen LogP contribution in [0.25, 0.3) is 0 Å². The van der Waals surface area contributed by atoms with Crippen LogP contribution in [-0.4, -0.2) is 9.11 Å². The van der Waals surface area contributed by atoms with Crippen molar-refractivity contribution in [2.45, 2.75) is 0 Å². The monoisotopic (exact) mass is 120 g/mol. The van der Waals surface area contributed by atoms with E-state index in [2.05, 4.69) is 13.2 Å². The third kappa shape index (κ3) is 2.45. The summed E-state index contributed by atoms with van der Waals surface area (Å²) < 4.78 is 17.1. The lowest BCUT2D eigenvalue weighted by Crippen LogP contribution is -1.82. The van der Waals surface area contributed by atoms with Gasteiger partial charge in [-0.25, -0.2) is 0 Å². The summed E-state index contributed by atoms with van der Waals surface area (Å²) >= 11 is 0. The van der Waals surface area contributed by atoms with Crippen LogP contribution in [0.1, 0.15) is 0 Å². The number of hydrogen-bond donors (Lipinski definition) is 2. The zero-order chi connectivity index (χ0) is 5.91. The largest absolute Gasteiger partial charge is 0.291 e. The Morgan fingerprint density at radius 1 is 1.14 bits per heavy atom. The van der Waals surface area contributed by atoms with Crippen LogP contribution in [0.3, 0.4) is 0 Å². The molecular weight excluding hydrogens is 112 g/mol. The van der Waals surface area contributed by atoms with E-state index in [0.717, 1.165) is 10.8 Å². The molecule has 42 valence electrons. The zero-order valence-electron chi connectivity index (χ0n) is 3.87. The van der Waals surface area contributed by atoms with Gasteiger partial charge in [-0.05, 0) is 0 Å². The van der Waals surface area contributed by atoms with E-state index in [4.69, 9.17) is 9.11 Å². The minimum absolute atomic E-state index is 1.07. The van der Waals surface area contributed by atoms with E-state index in [1.807, 2.05) is 0 Å². The molecule has 0 rings (SSSR count). The molecule has 0 aliphatic carbocycles. The van der Waals surface area contributed by atoms with E-state index in [0.29, 0.717) is 0 Å². The van der Waals surface area contributed by atoms with E-state index in [9.17, 15) is 0 Å². The fourth-order valence-electron chi connectivity index (χ4n) is 0.0680. The highest BCUT2D eigenvalue weighted by molar-refractivity contribution is 8.29. The van der Waals surface area contributed by atoms with Crippen LogP contribution < -0.4 is 0 Å². The van der Waals surface area contributed by atoms with Crippen molar-refractivity contribution in [1.29, 1.82) is 0 Å². The van der Waals surface area contributed by atoms with Crippen LogP contribution in [0.15, 0.2) is 24.0 Å². The molecule has 0 radical (unpaired) electrons. The fourth-order valence-corrected chi connectivity index (χ4v) is 0.204. The second-order valence-electron chi connectivity index (χ2n) is 0.973. The summed E-state index contributed by atoms with van der Waals surface area (Å²) in [5.74, 6) is 0. The van der Waals surface area contributed by atoms with Gasteiger partial charge in [-0.15, -0.1) is 0 Å². The maximum Gasteiger partial charge on any atom is 0.0196 e. The summed E-state index contributed by atoms with van der Waals surface area (Å²) in [6.45, 7) is 6.34. The quantitative estimate of drug-likeness (QED) is 0.585. The van der Waals surface area contributed by atoms with Crippen molar-refractivity contribution in [3.8, 4) is 0 Å². The standard InChI is InChI=1S/C4H8O2S/c1-3-7(5,6)4-2/h3-6H,1-2H2. The molecule has 0 unspecified atom stereocenters. The smallest absolute Gasteiger partial charge is 0.0196 e. The van der Waals surface area contributed by atoms with Crippen molar-refractivity contribution < 1.29 is 9.11 Å². The van der Waals surface area contributed by atoms with Crippen molar-refractivity contribution in [2.75, 3.05) is 0 Å². The Morgan fingerprint density at radius 3 is 1.43 bits per heavy atom. The zero-order valence-corrected chi connectivity index (χ0v) is 4.69. The lowest BCUT2D eigenvalue weighted by Gasteiger charge is -2.20. The van der Waals surface area contributed by atoms with E-state index >= 15 is 0 Å². The van der Waals surface area contributed by atoms with Gasteiger partial charge in [-0.3, -0.25) is 9.11 Å². The first-order valence-corrected chi connectivity index (χ1v) is 3.33. The fraction of sp³-hybridized carbons (Fsp3) is 0. The second-order valence-corrected chi connectivity index (χ2v) is 2.92. The normalized spacial score (nSPS) is 12.9. The predicted octanol–water partition coefficient (Wildman–Crippen LogP) is 2.02. The summed E-state index contributed by atoms with van der Waals surface area (Å²) in [4.78, 5) is 0. The van der Waals surface area contributed by atoms with Gasteiger partial charge in [0.2, 0.25) is 0 Å². The summed E-state index contributed by atoms with van der Waals surface area (Å²) in [5.41, 5.74) is 0. The average molecular weight is 120 g/mol. The Bertz CT molecular complexity index is 77.7. The maximum absolute atomic E-state index is 8.53. The molecule has 7 heavy (non-hydrogen) atoms. The molecule has 0 fully saturated rings. The van der Waals surface area contributed by atoms with Crippen LogP contribution in [0.2, 0.25) is 0 Å². The lowest BCUT2D eigenvalue weighted by molar-refractivity contribution is 0.511. The van der Waals surface area contributed by atoms with Crippen molar-refractivity contribution >= 4 is 10.6 Å². The van der Waals surface area contributed by atoms with Crippen LogP contribution in [0.4, 0.5) is 0 Å². The van der Waals surface area contributed by atoms with Gasteiger partial charge in [0, 0.05) is 10.8 Å². The van der Waals surface area contributed by atoms with Gasteiger partial charge in [0.05, 0.1) is 0 Å². The highest BCUT2D eigenvalue weighted by atomic mass is 32.3. The highest BCUT2D eigenvalue weighted by Crippen LogP contribution is 2.39. The summed E-state index contributed by atoms with van der Waals surface area (Å²) in [6, 6.07) is 0. The Kier molecular flexibility index (Phi) is 2.08. The van der Waals surface area contributed by atoms with Crippen molar-refractivity contribution in [2.24, 2.45) is 0 Å². The molecule has 0 aliphatic heterocycles. The van der Waals surface area contributed by atoms with Crippen molar-refractivity contribution in [3.05, 3.63) is 24.0 Å². The van der Waals surface area contributed by atoms with Gasteiger partial charge >= 0.3 is 0 Å². The van der Waals surface area contributed by atoms with Crippen LogP contribution >= 0.6 is 10.6 Å². The first kappa shape index (κ1) is 6.75. The number of rotatable bonds is 2.